The van der Waals surface area contributed by atoms with Crippen LogP contribution in [0.25, 0.3) is 0 Å². The summed E-state index contributed by atoms with van der Waals surface area (Å²) in [5.74, 6) is 0.449. The highest BCUT2D eigenvalue weighted by atomic mass is 32.1. The van der Waals surface area contributed by atoms with Crippen molar-refractivity contribution in [3.63, 3.8) is 0 Å². The van der Waals surface area contributed by atoms with Gasteiger partial charge in [0.2, 0.25) is 0 Å². The van der Waals surface area contributed by atoms with Gasteiger partial charge in [-0.05, 0) is 0 Å². The van der Waals surface area contributed by atoms with Crippen LogP contribution in [-0.2, 0) is 9.13 Å². The zero-order chi connectivity index (χ0) is 14.8. The summed E-state index contributed by atoms with van der Waals surface area (Å²) in [5.41, 5.74) is 0. The molecule has 11 heteroatoms. The van der Waals surface area contributed by atoms with E-state index in [0.717, 1.165) is 0 Å². The fourth-order valence-corrected chi connectivity index (χ4v) is 3.67. The van der Waals surface area contributed by atoms with E-state index in [4.69, 9.17) is 19.6 Å². The molecule has 0 aromatic heterocycles. The standard InChI is InChI=1S/C7H19NO7P2S/c1-8(2,6-18)5-3-4-7(9,16(10,11)12)17(13,14)15/h9H,3-6H2,1-2H3,(H4-,10,11,12,13,14,15,18)/p+1. The monoisotopic (exact) mass is 324 g/mol. The molecule has 0 heterocycles. The average molecular weight is 324 g/mol. The molecule has 8 nitrogen and oxygen atoms in total. The van der Waals surface area contributed by atoms with Crippen molar-refractivity contribution in [3.8, 4) is 0 Å². The van der Waals surface area contributed by atoms with Crippen LogP contribution >= 0.6 is 27.8 Å². The molecule has 0 radical (unpaired) electrons. The lowest BCUT2D eigenvalue weighted by Crippen LogP contribution is -2.40. The van der Waals surface area contributed by atoms with E-state index >= 15 is 0 Å². The highest BCUT2D eigenvalue weighted by molar-refractivity contribution is 7.80. The van der Waals surface area contributed by atoms with Gasteiger partial charge in [0.25, 0.3) is 5.08 Å². The molecule has 110 valence electrons. The maximum Gasteiger partial charge on any atom is 0.369 e. The van der Waals surface area contributed by atoms with E-state index in [-0.39, 0.29) is 6.42 Å². The van der Waals surface area contributed by atoms with Gasteiger partial charge in [-0.1, -0.05) is 0 Å². The lowest BCUT2D eigenvalue weighted by molar-refractivity contribution is -0.877. The molecular formula is C7H20NO7P2S+. The predicted octanol–water partition coefficient (Wildman–Crippen LogP) is -0.268. The van der Waals surface area contributed by atoms with Crippen LogP contribution in [0, 0.1) is 0 Å². The summed E-state index contributed by atoms with van der Waals surface area (Å²) in [7, 11) is -7.08. The van der Waals surface area contributed by atoms with Crippen molar-refractivity contribution in [2.45, 2.75) is 17.9 Å². The largest absolute Gasteiger partial charge is 0.369 e. The summed E-state index contributed by atoms with van der Waals surface area (Å²) in [6.07, 6.45) is -0.642. The van der Waals surface area contributed by atoms with E-state index in [1.54, 1.807) is 14.1 Å². The van der Waals surface area contributed by atoms with Crippen LogP contribution in [0.15, 0.2) is 0 Å². The molecule has 0 saturated heterocycles. The second-order valence-corrected chi connectivity index (χ2v) is 9.06. The Morgan fingerprint density at radius 3 is 1.78 bits per heavy atom. The molecule has 18 heavy (non-hydrogen) atoms. The van der Waals surface area contributed by atoms with Gasteiger partial charge in [-0.25, -0.2) is 0 Å². The van der Waals surface area contributed by atoms with Crippen LogP contribution in [0.5, 0.6) is 0 Å². The van der Waals surface area contributed by atoms with Gasteiger partial charge in [-0.2, -0.15) is 0 Å². The zero-order valence-electron chi connectivity index (χ0n) is 10.2. The topological polar surface area (TPSA) is 135 Å². The number of hydrogen-bond acceptors (Lipinski definition) is 4. The van der Waals surface area contributed by atoms with Gasteiger partial charge in [0.1, 0.15) is 5.88 Å². The molecule has 0 fully saturated rings. The quantitative estimate of drug-likeness (QED) is 0.164. The Hall–Kier alpha value is 0.570. The van der Waals surface area contributed by atoms with E-state index in [2.05, 4.69) is 12.6 Å². The predicted molar refractivity (Wildman–Crippen MR) is 69.1 cm³/mol. The minimum Gasteiger partial charge on any atom is -0.368 e. The summed E-state index contributed by atoms with van der Waals surface area (Å²) < 4.78 is 22.5. The van der Waals surface area contributed by atoms with Crippen LogP contribution in [0.3, 0.4) is 0 Å². The molecule has 0 aliphatic rings. The highest BCUT2D eigenvalue weighted by Gasteiger charge is 2.58. The summed E-state index contributed by atoms with van der Waals surface area (Å²) in [6.45, 7) is 0.367. The van der Waals surface area contributed by atoms with Crippen LogP contribution < -0.4 is 0 Å². The lowest BCUT2D eigenvalue weighted by atomic mass is 10.3. The van der Waals surface area contributed by atoms with E-state index in [0.29, 0.717) is 16.9 Å². The molecule has 0 atom stereocenters. The zero-order valence-corrected chi connectivity index (χ0v) is 12.9. The Kier molecular flexibility index (Phi) is 6.10. The first kappa shape index (κ1) is 18.6. The average Bonchev–Trinajstić information content (AvgIpc) is 2.13. The number of hydrogen-bond donors (Lipinski definition) is 6. The van der Waals surface area contributed by atoms with E-state index in [1.165, 1.54) is 0 Å². The Morgan fingerprint density at radius 2 is 1.50 bits per heavy atom. The maximum atomic E-state index is 11.1. The van der Waals surface area contributed by atoms with Gasteiger partial charge in [0.05, 0.1) is 20.6 Å². The molecule has 0 amide bonds. The van der Waals surface area contributed by atoms with Gasteiger partial charge < -0.3 is 29.2 Å². The molecule has 0 bridgehead atoms. The number of nitrogens with zero attached hydrogens (tertiary/aromatic N) is 1. The second kappa shape index (κ2) is 5.91. The van der Waals surface area contributed by atoms with E-state index in [9.17, 15) is 14.2 Å². The van der Waals surface area contributed by atoms with Crippen molar-refractivity contribution < 1.29 is 38.3 Å². The fourth-order valence-electron chi connectivity index (χ4n) is 1.28. The van der Waals surface area contributed by atoms with Gasteiger partial charge in [0, 0.05) is 12.8 Å². The van der Waals surface area contributed by atoms with Gasteiger partial charge >= 0.3 is 15.2 Å². The van der Waals surface area contributed by atoms with Gasteiger partial charge in [0.15, 0.2) is 0 Å². The molecule has 0 aliphatic heterocycles. The molecule has 0 spiro atoms. The van der Waals surface area contributed by atoms with Crippen LogP contribution in [0.4, 0.5) is 0 Å². The Labute approximate surface area is 111 Å². The van der Waals surface area contributed by atoms with Crippen molar-refractivity contribution in [2.75, 3.05) is 26.5 Å². The Balaban J connectivity index is 4.89. The summed E-state index contributed by atoms with van der Waals surface area (Å²) in [4.78, 5) is 35.6. The smallest absolute Gasteiger partial charge is 0.368 e. The number of thiol groups is 1. The first-order valence-electron chi connectivity index (χ1n) is 5.03. The molecule has 0 aromatic rings. The third-order valence-electron chi connectivity index (χ3n) is 2.59. The molecule has 0 rings (SSSR count). The summed E-state index contributed by atoms with van der Waals surface area (Å²) in [5, 5.41) is 6.29. The Bertz CT molecular complexity index is 354. The minimum atomic E-state index is -5.33. The van der Waals surface area contributed by atoms with Crippen molar-refractivity contribution in [2.24, 2.45) is 0 Å². The van der Waals surface area contributed by atoms with E-state index < -0.39 is 26.7 Å². The number of rotatable bonds is 7. The third-order valence-corrected chi connectivity index (χ3v) is 7.23. The molecule has 0 unspecified atom stereocenters. The Morgan fingerprint density at radius 1 is 1.11 bits per heavy atom. The fraction of sp³-hybridized carbons (Fsp3) is 1.00. The molecule has 0 aliphatic carbocycles. The summed E-state index contributed by atoms with van der Waals surface area (Å²) in [6, 6.07) is 0. The minimum absolute atomic E-state index is 0.0419. The van der Waals surface area contributed by atoms with Crippen LogP contribution in [-0.4, -0.2) is 60.8 Å². The first-order valence-corrected chi connectivity index (χ1v) is 8.89. The second-order valence-electron chi connectivity index (χ2n) is 4.77. The molecule has 0 aromatic carbocycles. The van der Waals surface area contributed by atoms with Gasteiger partial charge in [-0.3, -0.25) is 9.13 Å². The molecular weight excluding hydrogens is 304 g/mol. The lowest BCUT2D eigenvalue weighted by Gasteiger charge is -2.32. The molecule has 0 saturated carbocycles. The first-order chi connectivity index (χ1) is 7.77. The van der Waals surface area contributed by atoms with Crippen molar-refractivity contribution >= 4 is 27.8 Å². The normalized spacial score (nSPS) is 14.9. The summed E-state index contributed by atoms with van der Waals surface area (Å²) >= 11 is 4.06. The number of aliphatic hydroxyl groups is 1. The van der Waals surface area contributed by atoms with Crippen molar-refractivity contribution in [1.29, 1.82) is 0 Å². The van der Waals surface area contributed by atoms with Crippen LogP contribution in [0.2, 0.25) is 0 Å². The third kappa shape index (κ3) is 4.59. The van der Waals surface area contributed by atoms with Crippen LogP contribution in [0.1, 0.15) is 12.8 Å². The maximum absolute atomic E-state index is 11.1. The van der Waals surface area contributed by atoms with Crippen molar-refractivity contribution in [1.82, 2.24) is 0 Å². The SMILES string of the molecule is C[N+](C)(CS)CCCC(O)(P(=O)(O)O)P(=O)(O)O. The molecule has 5 N–H and O–H groups in total. The van der Waals surface area contributed by atoms with Crippen molar-refractivity contribution in [3.05, 3.63) is 0 Å². The van der Waals surface area contributed by atoms with E-state index in [1.807, 2.05) is 0 Å². The van der Waals surface area contributed by atoms with Gasteiger partial charge in [-0.15, -0.1) is 12.6 Å². The number of quaternary nitrogens is 1. The highest BCUT2D eigenvalue weighted by Crippen LogP contribution is 2.69.